The molecule has 2 aliphatic heterocycles. The van der Waals surface area contributed by atoms with Gasteiger partial charge in [0, 0.05) is 31.8 Å². The average Bonchev–Trinajstić information content (AvgIpc) is 2.97. The third kappa shape index (κ3) is 4.61. The van der Waals surface area contributed by atoms with Gasteiger partial charge in [-0.15, -0.1) is 0 Å². The maximum atomic E-state index is 5.93. The van der Waals surface area contributed by atoms with Gasteiger partial charge in [-0.2, -0.15) is 0 Å². The van der Waals surface area contributed by atoms with E-state index in [9.17, 15) is 0 Å². The lowest BCUT2D eigenvalue weighted by Gasteiger charge is -2.39. The molecule has 20 heavy (non-hydrogen) atoms. The van der Waals surface area contributed by atoms with Crippen molar-refractivity contribution < 1.29 is 9.47 Å². The van der Waals surface area contributed by atoms with Crippen LogP contribution in [0.4, 0.5) is 0 Å². The molecule has 0 saturated carbocycles. The van der Waals surface area contributed by atoms with Crippen LogP contribution < -0.4 is 11.1 Å². The Balaban J connectivity index is 1.74. The molecular formula is C14H28N4O2. The Kier molecular flexibility index (Phi) is 5.63. The van der Waals surface area contributed by atoms with Gasteiger partial charge < -0.3 is 20.5 Å². The van der Waals surface area contributed by atoms with Crippen molar-refractivity contribution in [2.24, 2.45) is 10.7 Å². The minimum Gasteiger partial charge on any atom is -0.379 e. The highest BCUT2D eigenvalue weighted by Gasteiger charge is 2.28. The number of hydrogen-bond acceptors (Lipinski definition) is 4. The monoisotopic (exact) mass is 284 g/mol. The summed E-state index contributed by atoms with van der Waals surface area (Å²) in [5.74, 6) is 0.516. The van der Waals surface area contributed by atoms with Crippen molar-refractivity contribution in [3.05, 3.63) is 0 Å². The maximum absolute atomic E-state index is 5.93. The molecule has 116 valence electrons. The summed E-state index contributed by atoms with van der Waals surface area (Å²) >= 11 is 0. The number of nitrogens with one attached hydrogen (secondary N) is 1. The van der Waals surface area contributed by atoms with Gasteiger partial charge in [0.2, 0.25) is 0 Å². The molecule has 0 aromatic heterocycles. The van der Waals surface area contributed by atoms with E-state index in [1.54, 1.807) is 0 Å². The largest absolute Gasteiger partial charge is 0.379 e. The number of ether oxygens (including phenoxy) is 2. The van der Waals surface area contributed by atoms with E-state index < -0.39 is 0 Å². The van der Waals surface area contributed by atoms with Crippen molar-refractivity contribution in [1.82, 2.24) is 10.2 Å². The second-order valence-corrected chi connectivity index (χ2v) is 6.13. The fraction of sp³-hybridized carbons (Fsp3) is 0.929. The molecule has 6 nitrogen and oxygen atoms in total. The van der Waals surface area contributed by atoms with Gasteiger partial charge in [0.1, 0.15) is 0 Å². The summed E-state index contributed by atoms with van der Waals surface area (Å²) in [6, 6.07) is 0. The first-order valence-electron chi connectivity index (χ1n) is 7.56. The molecule has 1 atom stereocenters. The quantitative estimate of drug-likeness (QED) is 0.557. The van der Waals surface area contributed by atoms with Crippen LogP contribution in [0.1, 0.15) is 26.7 Å². The zero-order valence-corrected chi connectivity index (χ0v) is 12.7. The fourth-order valence-corrected chi connectivity index (χ4v) is 2.63. The predicted molar refractivity (Wildman–Crippen MR) is 79.9 cm³/mol. The first kappa shape index (κ1) is 15.5. The van der Waals surface area contributed by atoms with Crippen molar-refractivity contribution in [3.8, 4) is 0 Å². The predicted octanol–water partition coefficient (Wildman–Crippen LogP) is 0.181. The average molecular weight is 284 g/mol. The molecule has 0 aliphatic carbocycles. The molecule has 2 rings (SSSR count). The lowest BCUT2D eigenvalue weighted by molar-refractivity contribution is -0.00683. The van der Waals surface area contributed by atoms with E-state index in [2.05, 4.69) is 29.1 Å². The Morgan fingerprint density at radius 3 is 2.75 bits per heavy atom. The Hall–Kier alpha value is -0.850. The van der Waals surface area contributed by atoms with Crippen LogP contribution in [0.5, 0.6) is 0 Å². The van der Waals surface area contributed by atoms with Crippen LogP contribution in [-0.4, -0.2) is 68.5 Å². The SMILES string of the molecule is CC(C)(CN=C(N)NCC1CCCO1)N1CCOCC1. The second kappa shape index (κ2) is 7.24. The minimum absolute atomic E-state index is 0.0138. The van der Waals surface area contributed by atoms with Crippen LogP contribution in [0.2, 0.25) is 0 Å². The molecule has 0 amide bonds. The highest BCUT2D eigenvalue weighted by molar-refractivity contribution is 5.77. The van der Waals surface area contributed by atoms with Crippen LogP contribution in [0.3, 0.4) is 0 Å². The minimum atomic E-state index is 0.0138. The van der Waals surface area contributed by atoms with E-state index >= 15 is 0 Å². The topological polar surface area (TPSA) is 72.1 Å². The van der Waals surface area contributed by atoms with E-state index in [1.165, 1.54) is 0 Å². The summed E-state index contributed by atoms with van der Waals surface area (Å²) in [6.45, 7) is 10.3. The molecular weight excluding hydrogens is 256 g/mol. The number of guanidine groups is 1. The summed E-state index contributed by atoms with van der Waals surface area (Å²) < 4.78 is 10.9. The number of morpholine rings is 1. The lowest BCUT2D eigenvalue weighted by Crippen LogP contribution is -2.52. The zero-order chi connectivity index (χ0) is 14.4. The number of nitrogens with zero attached hydrogens (tertiary/aromatic N) is 2. The third-order valence-electron chi connectivity index (χ3n) is 4.04. The highest BCUT2D eigenvalue weighted by Crippen LogP contribution is 2.16. The standard InChI is InChI=1S/C14H28N4O2/c1-14(2,18-5-8-19-9-6-18)11-17-13(15)16-10-12-4-3-7-20-12/h12H,3-11H2,1-2H3,(H3,15,16,17). The van der Waals surface area contributed by atoms with Gasteiger partial charge in [-0.3, -0.25) is 9.89 Å². The summed E-state index contributed by atoms with van der Waals surface area (Å²) in [5, 5.41) is 3.16. The normalized spacial score (nSPS) is 25.9. The fourth-order valence-electron chi connectivity index (χ4n) is 2.63. The zero-order valence-electron chi connectivity index (χ0n) is 12.7. The molecule has 2 heterocycles. The number of hydrogen-bond donors (Lipinski definition) is 2. The lowest BCUT2D eigenvalue weighted by atomic mass is 10.0. The summed E-state index contributed by atoms with van der Waals surface area (Å²) in [6.07, 6.45) is 2.54. The molecule has 2 fully saturated rings. The Morgan fingerprint density at radius 1 is 1.35 bits per heavy atom. The first-order chi connectivity index (χ1) is 9.58. The van der Waals surface area contributed by atoms with Gasteiger partial charge >= 0.3 is 0 Å². The molecule has 0 aromatic carbocycles. The van der Waals surface area contributed by atoms with E-state index in [4.69, 9.17) is 15.2 Å². The van der Waals surface area contributed by atoms with E-state index in [0.29, 0.717) is 12.5 Å². The number of aliphatic imine (C=N–C) groups is 1. The van der Waals surface area contributed by atoms with Gasteiger partial charge in [-0.05, 0) is 26.7 Å². The molecule has 0 aromatic rings. The first-order valence-corrected chi connectivity index (χ1v) is 7.56. The Bertz CT molecular complexity index is 321. The second-order valence-electron chi connectivity index (χ2n) is 6.13. The highest BCUT2D eigenvalue weighted by atomic mass is 16.5. The maximum Gasteiger partial charge on any atom is 0.188 e. The molecule has 0 spiro atoms. The van der Waals surface area contributed by atoms with Crippen LogP contribution >= 0.6 is 0 Å². The van der Waals surface area contributed by atoms with E-state index in [0.717, 1.165) is 52.3 Å². The van der Waals surface area contributed by atoms with Crippen molar-refractivity contribution >= 4 is 5.96 Å². The number of nitrogens with two attached hydrogens (primary N) is 1. The summed E-state index contributed by atoms with van der Waals surface area (Å²) in [7, 11) is 0. The van der Waals surface area contributed by atoms with Crippen LogP contribution in [0.25, 0.3) is 0 Å². The van der Waals surface area contributed by atoms with Crippen molar-refractivity contribution in [2.45, 2.75) is 38.3 Å². The molecule has 0 bridgehead atoms. The number of rotatable bonds is 5. The Morgan fingerprint density at radius 2 is 2.10 bits per heavy atom. The molecule has 0 radical (unpaired) electrons. The van der Waals surface area contributed by atoms with Gasteiger partial charge in [-0.1, -0.05) is 0 Å². The van der Waals surface area contributed by atoms with Gasteiger partial charge in [0.25, 0.3) is 0 Å². The summed E-state index contributed by atoms with van der Waals surface area (Å²) in [5.41, 5.74) is 5.94. The van der Waals surface area contributed by atoms with Crippen molar-refractivity contribution in [2.75, 3.05) is 46.0 Å². The smallest absolute Gasteiger partial charge is 0.188 e. The molecule has 3 N–H and O–H groups in total. The molecule has 2 saturated heterocycles. The van der Waals surface area contributed by atoms with Gasteiger partial charge in [0.05, 0.1) is 25.9 Å². The van der Waals surface area contributed by atoms with Crippen LogP contribution in [0.15, 0.2) is 4.99 Å². The Labute approximate surface area is 121 Å². The molecule has 1 unspecified atom stereocenters. The third-order valence-corrected chi connectivity index (χ3v) is 4.04. The summed E-state index contributed by atoms with van der Waals surface area (Å²) in [4.78, 5) is 6.89. The van der Waals surface area contributed by atoms with E-state index in [1.807, 2.05) is 0 Å². The van der Waals surface area contributed by atoms with Crippen molar-refractivity contribution in [3.63, 3.8) is 0 Å². The molecule has 6 heteroatoms. The van der Waals surface area contributed by atoms with Gasteiger partial charge in [0.15, 0.2) is 5.96 Å². The van der Waals surface area contributed by atoms with Crippen molar-refractivity contribution in [1.29, 1.82) is 0 Å². The van der Waals surface area contributed by atoms with Crippen LogP contribution in [-0.2, 0) is 9.47 Å². The molecule has 2 aliphatic rings. The van der Waals surface area contributed by atoms with Crippen LogP contribution in [0, 0.1) is 0 Å². The van der Waals surface area contributed by atoms with E-state index in [-0.39, 0.29) is 11.6 Å². The van der Waals surface area contributed by atoms with Gasteiger partial charge in [-0.25, -0.2) is 0 Å².